The highest BCUT2D eigenvalue weighted by Crippen LogP contribution is 2.35. The molecule has 1 amide bonds. The van der Waals surface area contributed by atoms with Crippen molar-refractivity contribution < 1.29 is 9.53 Å². The average Bonchev–Trinajstić information content (AvgIpc) is 3.32. The Hall–Kier alpha value is -3.55. The zero-order valence-electron chi connectivity index (χ0n) is 14.4. The van der Waals surface area contributed by atoms with Crippen LogP contribution in [0.3, 0.4) is 0 Å². The fourth-order valence-corrected chi connectivity index (χ4v) is 3.12. The number of fused-ring (bicyclic) bond motifs is 1. The molecular weight excluding hydrogens is 332 g/mol. The molecule has 0 aliphatic carbocycles. The van der Waals surface area contributed by atoms with Crippen molar-refractivity contribution >= 4 is 17.5 Å². The Kier molecular flexibility index (Phi) is 3.92. The number of hydrogen-bond acceptors (Lipinski definition) is 5. The van der Waals surface area contributed by atoms with Crippen LogP contribution in [-0.2, 0) is 4.79 Å². The fraction of sp³-hybridized carbons (Fsp3) is 0.167. The maximum atomic E-state index is 13.1. The molecule has 0 spiro atoms. The van der Waals surface area contributed by atoms with Gasteiger partial charge in [0.25, 0.3) is 5.91 Å². The Morgan fingerprint density at radius 2 is 2.12 bits per heavy atom. The van der Waals surface area contributed by atoms with Gasteiger partial charge in [0.15, 0.2) is 0 Å². The molecule has 132 valence electrons. The number of para-hydroxylation sites is 2. The first-order valence-corrected chi connectivity index (χ1v) is 8.14. The third kappa shape index (κ3) is 2.61. The molecular formula is C18H18N6O2. The first-order chi connectivity index (χ1) is 12.7. The number of hydrogen-bond donors (Lipinski definition) is 3. The van der Waals surface area contributed by atoms with E-state index in [1.807, 2.05) is 37.4 Å². The van der Waals surface area contributed by atoms with Crippen molar-refractivity contribution in [2.24, 2.45) is 0 Å². The lowest BCUT2D eigenvalue weighted by atomic mass is 9.99. The minimum atomic E-state index is -0.404. The van der Waals surface area contributed by atoms with Crippen LogP contribution in [0.5, 0.6) is 5.75 Å². The van der Waals surface area contributed by atoms with Gasteiger partial charge in [0, 0.05) is 17.6 Å². The van der Waals surface area contributed by atoms with Crippen LogP contribution < -0.4 is 15.4 Å². The molecule has 1 aliphatic rings. The summed E-state index contributed by atoms with van der Waals surface area (Å²) in [7, 11) is 1.57. The van der Waals surface area contributed by atoms with Crippen LogP contribution in [0.1, 0.15) is 18.7 Å². The number of methoxy groups -OCH3 is 1. The number of carbonyl (C=O) groups excluding carboxylic acids is 1. The van der Waals surface area contributed by atoms with Crippen molar-refractivity contribution in [3.8, 4) is 5.75 Å². The normalized spacial score (nSPS) is 16.0. The molecule has 4 rings (SSSR count). The number of nitrogens with zero attached hydrogens (tertiary/aromatic N) is 3. The second kappa shape index (κ2) is 6.40. The first-order valence-electron chi connectivity index (χ1n) is 8.14. The molecule has 0 radical (unpaired) electrons. The Morgan fingerprint density at radius 3 is 2.88 bits per heavy atom. The van der Waals surface area contributed by atoms with Crippen LogP contribution in [0.2, 0.25) is 0 Å². The van der Waals surface area contributed by atoms with Gasteiger partial charge in [-0.2, -0.15) is 10.1 Å². The lowest BCUT2D eigenvalue weighted by Gasteiger charge is -2.28. The molecule has 1 aromatic carbocycles. The zero-order valence-corrected chi connectivity index (χ0v) is 14.4. The fourth-order valence-electron chi connectivity index (χ4n) is 3.12. The quantitative estimate of drug-likeness (QED) is 0.672. The molecule has 3 heterocycles. The molecule has 3 aromatic rings. The SMILES string of the molecule is COc1ccccc1NC(=O)C1=C(C)Nc2ncnn2[C@@H]1c1ccc[nH]1. The predicted octanol–water partition coefficient (Wildman–Crippen LogP) is 2.54. The molecule has 0 fully saturated rings. The van der Waals surface area contributed by atoms with Crippen LogP contribution >= 0.6 is 0 Å². The molecule has 1 atom stereocenters. The molecule has 26 heavy (non-hydrogen) atoms. The lowest BCUT2D eigenvalue weighted by Crippen LogP contribution is -2.31. The summed E-state index contributed by atoms with van der Waals surface area (Å²) >= 11 is 0. The van der Waals surface area contributed by atoms with Gasteiger partial charge in [-0.15, -0.1) is 0 Å². The minimum absolute atomic E-state index is 0.236. The average molecular weight is 350 g/mol. The summed E-state index contributed by atoms with van der Waals surface area (Å²) in [6.45, 7) is 1.85. The number of H-pyrrole nitrogens is 1. The van der Waals surface area contributed by atoms with Crippen LogP contribution in [0.4, 0.5) is 11.6 Å². The molecule has 3 N–H and O–H groups in total. The maximum Gasteiger partial charge on any atom is 0.256 e. The summed E-state index contributed by atoms with van der Waals surface area (Å²) in [6, 6.07) is 10.7. The van der Waals surface area contributed by atoms with E-state index in [1.165, 1.54) is 6.33 Å². The summed E-state index contributed by atoms with van der Waals surface area (Å²) in [5, 5.41) is 10.4. The highest BCUT2D eigenvalue weighted by atomic mass is 16.5. The van der Waals surface area contributed by atoms with Crippen LogP contribution in [0, 0.1) is 0 Å². The molecule has 2 aromatic heterocycles. The topological polar surface area (TPSA) is 96.9 Å². The van der Waals surface area contributed by atoms with Gasteiger partial charge in [0.2, 0.25) is 5.95 Å². The number of carbonyl (C=O) groups is 1. The van der Waals surface area contributed by atoms with Gasteiger partial charge in [0.1, 0.15) is 18.1 Å². The number of rotatable bonds is 4. The van der Waals surface area contributed by atoms with Gasteiger partial charge in [-0.1, -0.05) is 12.1 Å². The number of aromatic amines is 1. The third-order valence-electron chi connectivity index (χ3n) is 4.31. The lowest BCUT2D eigenvalue weighted by molar-refractivity contribution is -0.113. The molecule has 8 nitrogen and oxygen atoms in total. The Bertz CT molecular complexity index is 973. The number of allylic oxidation sites excluding steroid dienone is 1. The number of amides is 1. The predicted molar refractivity (Wildman–Crippen MR) is 96.9 cm³/mol. The van der Waals surface area contributed by atoms with E-state index in [4.69, 9.17) is 4.74 Å². The molecule has 8 heteroatoms. The highest BCUT2D eigenvalue weighted by Gasteiger charge is 2.34. The number of ether oxygens (including phenoxy) is 1. The van der Waals surface area contributed by atoms with Crippen molar-refractivity contribution in [1.29, 1.82) is 0 Å². The number of anilines is 2. The molecule has 0 saturated heterocycles. The van der Waals surface area contributed by atoms with E-state index in [0.717, 1.165) is 11.4 Å². The monoisotopic (exact) mass is 350 g/mol. The van der Waals surface area contributed by atoms with E-state index in [1.54, 1.807) is 23.9 Å². The maximum absolute atomic E-state index is 13.1. The second-order valence-electron chi connectivity index (χ2n) is 5.87. The number of aromatic nitrogens is 4. The number of benzene rings is 1. The minimum Gasteiger partial charge on any atom is -0.495 e. The second-order valence-corrected chi connectivity index (χ2v) is 5.87. The van der Waals surface area contributed by atoms with E-state index >= 15 is 0 Å². The summed E-state index contributed by atoms with van der Waals surface area (Å²) in [6.07, 6.45) is 3.28. The van der Waals surface area contributed by atoms with Crippen LogP contribution in [-0.4, -0.2) is 32.8 Å². The van der Waals surface area contributed by atoms with Gasteiger partial charge in [-0.25, -0.2) is 4.68 Å². The molecule has 0 bridgehead atoms. The third-order valence-corrected chi connectivity index (χ3v) is 4.31. The standard InChI is InChI=1S/C18H18N6O2/c1-11-15(17(25)23-12-6-3-4-8-14(12)26-2)16(13-7-5-9-19-13)24-18(22-11)20-10-21-24/h3-10,16,19H,1-2H3,(H,23,25)(H,20,21,22)/t16-/m1/s1. The van der Waals surface area contributed by atoms with Crippen LogP contribution in [0.25, 0.3) is 0 Å². The van der Waals surface area contributed by atoms with Crippen molar-refractivity contribution in [3.63, 3.8) is 0 Å². The van der Waals surface area contributed by atoms with E-state index in [2.05, 4.69) is 25.7 Å². The van der Waals surface area contributed by atoms with Gasteiger partial charge in [-0.3, -0.25) is 4.79 Å². The summed E-state index contributed by atoms with van der Waals surface area (Å²) < 4.78 is 7.01. The largest absolute Gasteiger partial charge is 0.495 e. The van der Waals surface area contributed by atoms with Crippen molar-refractivity contribution in [2.45, 2.75) is 13.0 Å². The van der Waals surface area contributed by atoms with E-state index < -0.39 is 6.04 Å². The summed E-state index contributed by atoms with van der Waals surface area (Å²) in [4.78, 5) is 20.5. The Balaban J connectivity index is 1.74. The van der Waals surface area contributed by atoms with Crippen molar-refractivity contribution in [3.05, 3.63) is 65.9 Å². The van der Waals surface area contributed by atoms with Gasteiger partial charge >= 0.3 is 0 Å². The van der Waals surface area contributed by atoms with E-state index in [0.29, 0.717) is 23.0 Å². The van der Waals surface area contributed by atoms with E-state index in [9.17, 15) is 4.79 Å². The molecule has 0 unspecified atom stereocenters. The zero-order chi connectivity index (χ0) is 18.1. The van der Waals surface area contributed by atoms with Crippen molar-refractivity contribution in [2.75, 3.05) is 17.7 Å². The number of nitrogens with one attached hydrogen (secondary N) is 3. The molecule has 1 aliphatic heterocycles. The summed E-state index contributed by atoms with van der Waals surface area (Å²) in [5.74, 6) is 0.955. The van der Waals surface area contributed by atoms with Gasteiger partial charge < -0.3 is 20.4 Å². The summed E-state index contributed by atoms with van der Waals surface area (Å²) in [5.41, 5.74) is 2.73. The van der Waals surface area contributed by atoms with Gasteiger partial charge in [0.05, 0.1) is 18.4 Å². The van der Waals surface area contributed by atoms with Crippen molar-refractivity contribution in [1.82, 2.24) is 19.7 Å². The first kappa shape index (κ1) is 15.9. The Labute approximate surface area is 149 Å². The smallest absolute Gasteiger partial charge is 0.256 e. The molecule has 0 saturated carbocycles. The van der Waals surface area contributed by atoms with Crippen LogP contribution in [0.15, 0.2) is 60.2 Å². The van der Waals surface area contributed by atoms with E-state index in [-0.39, 0.29) is 5.91 Å². The Morgan fingerprint density at radius 1 is 1.27 bits per heavy atom. The highest BCUT2D eigenvalue weighted by molar-refractivity contribution is 6.06. The van der Waals surface area contributed by atoms with Gasteiger partial charge in [-0.05, 0) is 31.2 Å².